The van der Waals surface area contributed by atoms with Gasteiger partial charge in [-0.2, -0.15) is 0 Å². The number of furan rings is 1. The van der Waals surface area contributed by atoms with Crippen LogP contribution in [0.5, 0.6) is 17.2 Å². The van der Waals surface area contributed by atoms with Gasteiger partial charge in [0.1, 0.15) is 28.8 Å². The molecule has 1 heterocycles. The van der Waals surface area contributed by atoms with Crippen LogP contribution in [0.2, 0.25) is 0 Å². The first-order chi connectivity index (χ1) is 15.5. The Morgan fingerprint density at radius 1 is 0.781 bits per heavy atom. The van der Waals surface area contributed by atoms with Gasteiger partial charge in [-0.3, -0.25) is 0 Å². The number of phenols is 1. The molecule has 4 rings (SSSR count). The number of aryl methyl sites for hydroxylation is 2. The quantitative estimate of drug-likeness (QED) is 0.382. The molecule has 0 atom stereocenters. The number of phenolic OH excluding ortho intramolecular Hbond substituents is 1. The number of hydrogen-bond donors (Lipinski definition) is 1. The van der Waals surface area contributed by atoms with E-state index in [0.29, 0.717) is 13.2 Å². The van der Waals surface area contributed by atoms with Crippen LogP contribution in [0.4, 0.5) is 5.69 Å². The van der Waals surface area contributed by atoms with Crippen LogP contribution in [0.15, 0.2) is 70.1 Å². The molecule has 1 N–H and O–H groups in total. The van der Waals surface area contributed by atoms with Crippen molar-refractivity contribution in [1.82, 2.24) is 0 Å². The van der Waals surface area contributed by atoms with Gasteiger partial charge in [0, 0.05) is 0 Å². The fraction of sp³-hybridized carbons (Fsp3) is 0.222. The highest BCUT2D eigenvalue weighted by Gasteiger charge is 2.15. The standard InChI is InChI=1S/C27H27NO4/c1-5-30-23-13-9-21(10-14-23)28-24-15-20(19-7-11-22(29)12-8-19)16-25(31-6-2)27-18(4)32-17(3)26(24)27/h7-16,29H,5-6H2,1-4H3. The highest BCUT2D eigenvalue weighted by atomic mass is 16.5. The fourth-order valence-corrected chi connectivity index (χ4v) is 3.86. The summed E-state index contributed by atoms with van der Waals surface area (Å²) in [6.07, 6.45) is 0. The van der Waals surface area contributed by atoms with E-state index in [1.807, 2.05) is 76.2 Å². The van der Waals surface area contributed by atoms with Gasteiger partial charge < -0.3 is 19.0 Å². The van der Waals surface area contributed by atoms with Crippen LogP contribution in [-0.4, -0.2) is 18.3 Å². The lowest BCUT2D eigenvalue weighted by molar-refractivity contribution is 0.340. The molecule has 0 unspecified atom stereocenters. The van der Waals surface area contributed by atoms with Crippen molar-refractivity contribution in [2.45, 2.75) is 27.7 Å². The van der Waals surface area contributed by atoms with Gasteiger partial charge in [0.2, 0.25) is 0 Å². The lowest BCUT2D eigenvalue weighted by Crippen LogP contribution is -2.00. The van der Waals surface area contributed by atoms with Gasteiger partial charge >= 0.3 is 0 Å². The Hall–Kier alpha value is -3.73. The molecule has 32 heavy (non-hydrogen) atoms. The predicted molar refractivity (Wildman–Crippen MR) is 127 cm³/mol. The summed E-state index contributed by atoms with van der Waals surface area (Å²) in [6.45, 7) is 8.97. The van der Waals surface area contributed by atoms with Crippen LogP contribution >= 0.6 is 0 Å². The number of nitrogens with zero attached hydrogens (tertiary/aromatic N) is 1. The van der Waals surface area contributed by atoms with E-state index in [4.69, 9.17) is 18.9 Å². The first kappa shape index (κ1) is 21.5. The van der Waals surface area contributed by atoms with Crippen molar-refractivity contribution in [1.29, 1.82) is 0 Å². The molecule has 1 aromatic heterocycles. The molecule has 4 aromatic rings. The first-order valence-corrected chi connectivity index (χ1v) is 10.8. The summed E-state index contributed by atoms with van der Waals surface area (Å²) in [6, 6.07) is 18.9. The van der Waals surface area contributed by atoms with E-state index in [1.165, 1.54) is 0 Å². The van der Waals surface area contributed by atoms with E-state index in [9.17, 15) is 5.11 Å². The smallest absolute Gasteiger partial charge is 0.131 e. The second-order valence-corrected chi connectivity index (χ2v) is 7.48. The Morgan fingerprint density at radius 3 is 2.09 bits per heavy atom. The van der Waals surface area contributed by atoms with Crippen LogP contribution < -0.4 is 14.8 Å². The first-order valence-electron chi connectivity index (χ1n) is 10.8. The Kier molecular flexibility index (Phi) is 6.17. The van der Waals surface area contributed by atoms with Gasteiger partial charge in [-0.05, 0) is 87.4 Å². The number of benzene rings is 2. The van der Waals surface area contributed by atoms with Crippen molar-refractivity contribution >= 4 is 16.5 Å². The molecular formula is C27H27NO4. The summed E-state index contributed by atoms with van der Waals surface area (Å²) in [5.41, 5.74) is 2.71. The predicted octanol–water partition coefficient (Wildman–Crippen LogP) is 6.45. The minimum absolute atomic E-state index is 0.225. The topological polar surface area (TPSA) is 64.2 Å². The third-order valence-electron chi connectivity index (χ3n) is 5.24. The van der Waals surface area contributed by atoms with Crippen LogP contribution in [-0.2, 0) is 0 Å². The fourth-order valence-electron chi connectivity index (χ4n) is 3.86. The summed E-state index contributed by atoms with van der Waals surface area (Å²) >= 11 is 0. The molecular weight excluding hydrogens is 402 g/mol. The lowest BCUT2D eigenvalue weighted by atomic mass is 10.1. The molecule has 0 saturated carbocycles. The van der Waals surface area contributed by atoms with E-state index < -0.39 is 0 Å². The van der Waals surface area contributed by atoms with Crippen LogP contribution in [0.25, 0.3) is 21.9 Å². The van der Waals surface area contributed by atoms with Crippen molar-refractivity contribution in [2.24, 2.45) is 4.99 Å². The largest absolute Gasteiger partial charge is 0.508 e. The molecule has 0 fully saturated rings. The minimum Gasteiger partial charge on any atom is -0.508 e. The van der Waals surface area contributed by atoms with Crippen molar-refractivity contribution in [3.63, 3.8) is 0 Å². The summed E-state index contributed by atoms with van der Waals surface area (Å²) in [7, 11) is 0. The third-order valence-corrected chi connectivity index (χ3v) is 5.24. The number of hydrogen-bond acceptors (Lipinski definition) is 5. The Balaban J connectivity index is 2.03. The van der Waals surface area contributed by atoms with Crippen LogP contribution in [0.3, 0.4) is 0 Å². The maximum absolute atomic E-state index is 9.73. The van der Waals surface area contributed by atoms with E-state index in [-0.39, 0.29) is 5.75 Å². The van der Waals surface area contributed by atoms with E-state index in [2.05, 4.69) is 0 Å². The SMILES string of the molecule is CCOc1ccc(N=c2cc(-c3ccc(O)cc3)cc(OCC)c3c(C)oc(C)c23)cc1. The number of aromatic hydroxyl groups is 1. The molecule has 0 spiro atoms. The summed E-state index contributed by atoms with van der Waals surface area (Å²) in [5, 5.41) is 12.4. The molecule has 0 aliphatic heterocycles. The number of rotatable bonds is 6. The molecule has 0 bridgehead atoms. The average Bonchev–Trinajstić information content (AvgIpc) is 2.97. The van der Waals surface area contributed by atoms with E-state index in [0.717, 1.165) is 56.0 Å². The lowest BCUT2D eigenvalue weighted by Gasteiger charge is -2.04. The van der Waals surface area contributed by atoms with Crippen molar-refractivity contribution in [3.05, 3.63) is 77.5 Å². The van der Waals surface area contributed by atoms with Crippen LogP contribution in [0, 0.1) is 13.8 Å². The molecule has 3 aromatic carbocycles. The third kappa shape index (κ3) is 4.33. The van der Waals surface area contributed by atoms with Crippen molar-refractivity contribution in [3.8, 4) is 28.4 Å². The average molecular weight is 430 g/mol. The summed E-state index contributed by atoms with van der Waals surface area (Å²) in [5.74, 6) is 3.36. The molecule has 0 aliphatic carbocycles. The molecule has 0 aliphatic rings. The zero-order valence-corrected chi connectivity index (χ0v) is 18.8. The summed E-state index contributed by atoms with van der Waals surface area (Å²) in [4.78, 5) is 4.97. The minimum atomic E-state index is 0.225. The molecule has 5 nitrogen and oxygen atoms in total. The second-order valence-electron chi connectivity index (χ2n) is 7.48. The zero-order valence-electron chi connectivity index (χ0n) is 18.8. The second kappa shape index (κ2) is 9.18. The van der Waals surface area contributed by atoms with Crippen molar-refractivity contribution < 1.29 is 19.0 Å². The van der Waals surface area contributed by atoms with Gasteiger partial charge in [0.05, 0.1) is 35.0 Å². The van der Waals surface area contributed by atoms with Gasteiger partial charge in [-0.1, -0.05) is 12.1 Å². The van der Waals surface area contributed by atoms with E-state index >= 15 is 0 Å². The molecule has 0 saturated heterocycles. The van der Waals surface area contributed by atoms with Gasteiger partial charge in [0.15, 0.2) is 0 Å². The highest BCUT2D eigenvalue weighted by Crippen LogP contribution is 2.34. The normalized spacial score (nSPS) is 11.7. The molecule has 0 radical (unpaired) electrons. The zero-order chi connectivity index (χ0) is 22.7. The Bertz CT molecular complexity index is 1300. The van der Waals surface area contributed by atoms with E-state index in [1.54, 1.807) is 12.1 Å². The maximum atomic E-state index is 9.73. The molecule has 164 valence electrons. The summed E-state index contributed by atoms with van der Waals surface area (Å²) < 4.78 is 17.6. The molecule has 0 amide bonds. The molecule has 5 heteroatoms. The van der Waals surface area contributed by atoms with Gasteiger partial charge in [0.25, 0.3) is 0 Å². The maximum Gasteiger partial charge on any atom is 0.131 e. The Labute approximate surface area is 187 Å². The van der Waals surface area contributed by atoms with Crippen molar-refractivity contribution in [2.75, 3.05) is 13.2 Å². The number of fused-ring (bicyclic) bond motifs is 1. The number of ether oxygens (including phenoxy) is 2. The van der Waals surface area contributed by atoms with Crippen LogP contribution in [0.1, 0.15) is 25.4 Å². The van der Waals surface area contributed by atoms with Gasteiger partial charge in [-0.25, -0.2) is 4.99 Å². The Morgan fingerprint density at radius 2 is 1.44 bits per heavy atom. The highest BCUT2D eigenvalue weighted by molar-refractivity contribution is 5.93. The van der Waals surface area contributed by atoms with Gasteiger partial charge in [-0.15, -0.1) is 0 Å². The monoisotopic (exact) mass is 429 g/mol.